The van der Waals surface area contributed by atoms with Gasteiger partial charge in [-0.3, -0.25) is 9.69 Å². The minimum absolute atomic E-state index is 0.0134. The molecule has 3 heterocycles. The average Bonchev–Trinajstić information content (AvgIpc) is 3.51. The van der Waals surface area contributed by atoms with Crippen LogP contribution in [0.5, 0.6) is 0 Å². The van der Waals surface area contributed by atoms with E-state index in [1.54, 1.807) is 23.4 Å². The van der Waals surface area contributed by atoms with Crippen molar-refractivity contribution in [3.05, 3.63) is 76.4 Å². The minimum atomic E-state index is -4.60. The second-order valence-electron chi connectivity index (χ2n) is 9.21. The number of hydrogen-bond donors (Lipinski definition) is 0. The van der Waals surface area contributed by atoms with E-state index in [0.29, 0.717) is 37.1 Å². The highest BCUT2D eigenvalue weighted by molar-refractivity contribution is 6.10. The highest BCUT2D eigenvalue weighted by atomic mass is 19.4. The monoisotopic (exact) mass is 487 g/mol. The molecule has 1 fully saturated rings. The van der Waals surface area contributed by atoms with Gasteiger partial charge >= 0.3 is 6.18 Å². The van der Waals surface area contributed by atoms with Gasteiger partial charge in [-0.05, 0) is 53.8 Å². The lowest BCUT2D eigenvalue weighted by atomic mass is 9.98. The lowest BCUT2D eigenvalue weighted by molar-refractivity contribution is -0.138. The number of aryl methyl sites for hydroxylation is 3. The van der Waals surface area contributed by atoms with Crippen LogP contribution in [-0.2, 0) is 39.2 Å². The molecule has 2 aliphatic rings. The Labute approximate surface area is 200 Å². The van der Waals surface area contributed by atoms with Gasteiger partial charge in [-0.1, -0.05) is 12.1 Å². The summed E-state index contributed by atoms with van der Waals surface area (Å²) in [6, 6.07) is 9.93. The Kier molecular flexibility index (Phi) is 6.08. The standard InChI is InChI=1S/C25H25F4N5O/c1-32-15-30-31-23(32)6-5-16-3-2-4-19(9-16)34-14-21-20(24(34)35)10-17(11-22(21)25(27,28)29)12-33-8-7-18(26)13-33/h2-4,9-11,15,18H,5-8,12-14H2,1H3. The number of likely N-dealkylation sites (tertiary alicyclic amines) is 1. The third kappa shape index (κ3) is 4.80. The van der Waals surface area contributed by atoms with Crippen LogP contribution in [0.2, 0.25) is 0 Å². The van der Waals surface area contributed by atoms with E-state index in [0.717, 1.165) is 17.5 Å². The molecule has 0 saturated carbocycles. The lowest BCUT2D eigenvalue weighted by Crippen LogP contribution is -2.23. The number of anilines is 1. The molecule has 1 aromatic heterocycles. The second-order valence-corrected chi connectivity index (χ2v) is 9.21. The van der Waals surface area contributed by atoms with E-state index < -0.39 is 23.8 Å². The van der Waals surface area contributed by atoms with Gasteiger partial charge in [-0.15, -0.1) is 10.2 Å². The fourth-order valence-corrected chi connectivity index (χ4v) is 4.88. The highest BCUT2D eigenvalue weighted by Gasteiger charge is 2.40. The van der Waals surface area contributed by atoms with Crippen molar-refractivity contribution >= 4 is 11.6 Å². The number of nitrogens with zero attached hydrogens (tertiary/aromatic N) is 5. The van der Waals surface area contributed by atoms with Crippen molar-refractivity contribution in [2.24, 2.45) is 7.05 Å². The van der Waals surface area contributed by atoms with Gasteiger partial charge in [0.15, 0.2) is 0 Å². The molecule has 0 aliphatic carbocycles. The first-order valence-electron chi connectivity index (χ1n) is 11.5. The number of carbonyl (C=O) groups is 1. The van der Waals surface area contributed by atoms with Crippen LogP contribution < -0.4 is 4.90 Å². The molecule has 0 spiro atoms. The maximum Gasteiger partial charge on any atom is 0.416 e. The summed E-state index contributed by atoms with van der Waals surface area (Å²) in [5.74, 6) is 0.363. The molecule has 6 nitrogen and oxygen atoms in total. The average molecular weight is 488 g/mol. The van der Waals surface area contributed by atoms with Crippen LogP contribution in [-0.4, -0.2) is 44.8 Å². The molecule has 0 bridgehead atoms. The lowest BCUT2D eigenvalue weighted by Gasteiger charge is -2.18. The van der Waals surface area contributed by atoms with Crippen LogP contribution in [0.1, 0.15) is 44.9 Å². The Hall–Kier alpha value is -3.27. The number of benzene rings is 2. The van der Waals surface area contributed by atoms with Gasteiger partial charge in [0.05, 0.1) is 12.1 Å². The number of aromatic nitrogens is 3. The highest BCUT2D eigenvalue weighted by Crippen LogP contribution is 2.40. The third-order valence-electron chi connectivity index (χ3n) is 6.69. The normalized spacial score (nSPS) is 18.5. The van der Waals surface area contributed by atoms with Crippen LogP contribution in [0.25, 0.3) is 0 Å². The summed E-state index contributed by atoms with van der Waals surface area (Å²) in [4.78, 5) is 16.5. The molecule has 10 heteroatoms. The summed E-state index contributed by atoms with van der Waals surface area (Å²) < 4.78 is 57.3. The fraction of sp³-hybridized carbons (Fsp3) is 0.400. The van der Waals surface area contributed by atoms with Gasteiger partial charge < -0.3 is 9.47 Å². The molecule has 2 aliphatic heterocycles. The molecule has 0 radical (unpaired) electrons. The van der Waals surface area contributed by atoms with Crippen molar-refractivity contribution in [1.29, 1.82) is 0 Å². The number of amides is 1. The predicted molar refractivity (Wildman–Crippen MR) is 122 cm³/mol. The smallest absolute Gasteiger partial charge is 0.321 e. The molecular weight excluding hydrogens is 462 g/mol. The maximum absolute atomic E-state index is 14.0. The maximum atomic E-state index is 14.0. The van der Waals surface area contributed by atoms with E-state index in [9.17, 15) is 22.4 Å². The van der Waals surface area contributed by atoms with Crippen molar-refractivity contribution in [1.82, 2.24) is 19.7 Å². The molecule has 1 amide bonds. The van der Waals surface area contributed by atoms with Gasteiger partial charge in [-0.25, -0.2) is 4.39 Å². The zero-order chi connectivity index (χ0) is 24.7. The third-order valence-corrected chi connectivity index (χ3v) is 6.69. The molecule has 0 N–H and O–H groups in total. The number of fused-ring (bicyclic) bond motifs is 1. The predicted octanol–water partition coefficient (Wildman–Crippen LogP) is 4.32. The van der Waals surface area contributed by atoms with E-state index in [1.165, 1.54) is 11.0 Å². The summed E-state index contributed by atoms with van der Waals surface area (Å²) >= 11 is 0. The number of alkyl halides is 4. The summed E-state index contributed by atoms with van der Waals surface area (Å²) in [5, 5.41) is 7.93. The molecule has 5 rings (SSSR count). The van der Waals surface area contributed by atoms with E-state index >= 15 is 0 Å². The first kappa shape index (κ1) is 23.5. The molecule has 2 aromatic carbocycles. The summed E-state index contributed by atoms with van der Waals surface area (Å²) in [5.41, 5.74) is 1.13. The first-order chi connectivity index (χ1) is 16.7. The Morgan fingerprint density at radius 3 is 2.63 bits per heavy atom. The molecule has 1 unspecified atom stereocenters. The summed E-state index contributed by atoms with van der Waals surface area (Å²) in [7, 11) is 1.86. The van der Waals surface area contributed by atoms with Crippen LogP contribution in [0.4, 0.5) is 23.2 Å². The van der Waals surface area contributed by atoms with Gasteiger partial charge in [0.25, 0.3) is 5.91 Å². The van der Waals surface area contributed by atoms with E-state index in [4.69, 9.17) is 0 Å². The molecular formula is C25H25F4N5O. The van der Waals surface area contributed by atoms with E-state index in [-0.39, 0.29) is 30.8 Å². The van der Waals surface area contributed by atoms with Crippen molar-refractivity contribution in [2.75, 3.05) is 18.0 Å². The minimum Gasteiger partial charge on any atom is -0.321 e. The molecule has 1 saturated heterocycles. The summed E-state index contributed by atoms with van der Waals surface area (Å²) in [6.07, 6.45) is -2.27. The van der Waals surface area contributed by atoms with Crippen molar-refractivity contribution < 1.29 is 22.4 Å². The van der Waals surface area contributed by atoms with Gasteiger partial charge in [0, 0.05) is 44.4 Å². The number of hydrogen-bond acceptors (Lipinski definition) is 4. The van der Waals surface area contributed by atoms with Crippen LogP contribution in [0, 0.1) is 0 Å². The van der Waals surface area contributed by atoms with Crippen LogP contribution in [0.3, 0.4) is 0 Å². The molecule has 3 aromatic rings. The van der Waals surface area contributed by atoms with Crippen molar-refractivity contribution in [3.63, 3.8) is 0 Å². The Morgan fingerprint density at radius 1 is 1.11 bits per heavy atom. The number of carbonyl (C=O) groups excluding carboxylic acids is 1. The fourth-order valence-electron chi connectivity index (χ4n) is 4.88. The largest absolute Gasteiger partial charge is 0.416 e. The number of halogens is 4. The molecule has 35 heavy (non-hydrogen) atoms. The molecule has 184 valence electrons. The van der Waals surface area contributed by atoms with E-state index in [2.05, 4.69) is 10.2 Å². The SMILES string of the molecule is Cn1cnnc1CCc1cccc(N2Cc3c(cc(CN4CCC(F)C4)cc3C(F)(F)F)C2=O)c1. The van der Waals surface area contributed by atoms with Crippen LogP contribution in [0.15, 0.2) is 42.7 Å². The second kappa shape index (κ2) is 9.07. The zero-order valence-electron chi connectivity index (χ0n) is 19.2. The molecule has 1 atom stereocenters. The van der Waals surface area contributed by atoms with E-state index in [1.807, 2.05) is 23.7 Å². The van der Waals surface area contributed by atoms with Gasteiger partial charge in [0.2, 0.25) is 0 Å². The van der Waals surface area contributed by atoms with Crippen LogP contribution >= 0.6 is 0 Å². The zero-order valence-corrected chi connectivity index (χ0v) is 19.2. The number of rotatable bonds is 6. The van der Waals surface area contributed by atoms with Crippen molar-refractivity contribution in [2.45, 2.75) is 44.7 Å². The first-order valence-corrected chi connectivity index (χ1v) is 11.5. The quantitative estimate of drug-likeness (QED) is 0.486. The topological polar surface area (TPSA) is 54.3 Å². The Balaban J connectivity index is 1.41. The van der Waals surface area contributed by atoms with Gasteiger partial charge in [-0.2, -0.15) is 13.2 Å². The van der Waals surface area contributed by atoms with Gasteiger partial charge in [0.1, 0.15) is 18.3 Å². The summed E-state index contributed by atoms with van der Waals surface area (Å²) in [6.45, 7) is 0.717. The Morgan fingerprint density at radius 2 is 1.94 bits per heavy atom. The Bertz CT molecular complexity index is 1250. The van der Waals surface area contributed by atoms with Crippen molar-refractivity contribution in [3.8, 4) is 0 Å².